The summed E-state index contributed by atoms with van der Waals surface area (Å²) in [6, 6.07) is 40.1. The molecule has 2 aromatic heterocycles. The first kappa shape index (κ1) is 18.1. The topological polar surface area (TPSA) is 30.1 Å². The van der Waals surface area contributed by atoms with Crippen LogP contribution in [0.3, 0.4) is 0 Å². The lowest BCUT2D eigenvalue weighted by Crippen LogP contribution is -1.94. The van der Waals surface area contributed by atoms with E-state index in [0.717, 1.165) is 39.0 Å². The molecule has 0 saturated carbocycles. The summed E-state index contributed by atoms with van der Waals surface area (Å²) in [5.74, 6) is 0. The van der Waals surface area contributed by atoms with Crippen LogP contribution in [-0.4, -0.2) is 4.57 Å². The van der Waals surface area contributed by atoms with Crippen molar-refractivity contribution in [3.63, 3.8) is 0 Å². The van der Waals surface area contributed by atoms with Gasteiger partial charge in [-0.15, -0.1) is 0 Å². The van der Waals surface area contributed by atoms with Crippen molar-refractivity contribution in [1.82, 2.24) is 4.57 Å². The Labute approximate surface area is 190 Å². The van der Waals surface area contributed by atoms with E-state index in [2.05, 4.69) is 107 Å². The summed E-state index contributed by atoms with van der Waals surface area (Å²) >= 11 is 0. The molecule has 3 nitrogen and oxygen atoms in total. The number of nitrogens with zero attached hydrogens (tertiary/aromatic N) is 1. The van der Waals surface area contributed by atoms with Crippen molar-refractivity contribution in [2.24, 2.45) is 0 Å². The van der Waals surface area contributed by atoms with E-state index in [0.29, 0.717) is 0 Å². The second-order valence-corrected chi connectivity index (χ2v) is 8.32. The molecule has 0 amide bonds. The van der Waals surface area contributed by atoms with Gasteiger partial charge < -0.3 is 14.3 Å². The molecule has 5 aromatic carbocycles. The number of nitrogens with one attached hydrogen (secondary N) is 1. The number of benzene rings is 5. The van der Waals surface area contributed by atoms with E-state index in [-0.39, 0.29) is 0 Å². The zero-order valence-corrected chi connectivity index (χ0v) is 17.8. The normalized spacial score (nSPS) is 11.6. The number of rotatable bonds is 3. The molecule has 7 rings (SSSR count). The van der Waals surface area contributed by atoms with Crippen LogP contribution in [0.4, 0.5) is 11.4 Å². The summed E-state index contributed by atoms with van der Waals surface area (Å²) in [7, 11) is 0. The molecular weight excluding hydrogens is 404 g/mol. The lowest BCUT2D eigenvalue weighted by molar-refractivity contribution is 0.669. The molecule has 1 N–H and O–H groups in total. The zero-order valence-electron chi connectivity index (χ0n) is 17.8. The molecule has 0 spiro atoms. The Balaban J connectivity index is 1.53. The average Bonchev–Trinajstić information content (AvgIpc) is 3.40. The summed E-state index contributed by atoms with van der Waals surface area (Å²) in [5.41, 5.74) is 7.39. The minimum atomic E-state index is 0.886. The SMILES string of the molecule is c1ccc(Nc2ccc3oc4cccc(-n5c6ccccc6c6ccccc65)c4c3c2)cc1. The smallest absolute Gasteiger partial charge is 0.137 e. The highest BCUT2D eigenvalue weighted by Crippen LogP contribution is 2.39. The molecular formula is C30H20N2O. The van der Waals surface area contributed by atoms with Gasteiger partial charge >= 0.3 is 0 Å². The lowest BCUT2D eigenvalue weighted by atomic mass is 10.1. The Morgan fingerprint density at radius 3 is 1.97 bits per heavy atom. The highest BCUT2D eigenvalue weighted by Gasteiger charge is 2.17. The van der Waals surface area contributed by atoms with Gasteiger partial charge in [0.05, 0.1) is 22.1 Å². The molecule has 0 atom stereocenters. The van der Waals surface area contributed by atoms with Crippen molar-refractivity contribution in [2.45, 2.75) is 0 Å². The van der Waals surface area contributed by atoms with Crippen LogP contribution in [0, 0.1) is 0 Å². The fourth-order valence-corrected chi connectivity index (χ4v) is 4.94. The van der Waals surface area contributed by atoms with Gasteiger partial charge in [0.2, 0.25) is 0 Å². The first-order valence-corrected chi connectivity index (χ1v) is 11.1. The van der Waals surface area contributed by atoms with Crippen LogP contribution >= 0.6 is 0 Å². The molecule has 7 aromatic rings. The number of fused-ring (bicyclic) bond motifs is 6. The molecule has 0 aliphatic rings. The van der Waals surface area contributed by atoms with Crippen molar-refractivity contribution in [3.05, 3.63) is 115 Å². The molecule has 0 aliphatic carbocycles. The first-order chi connectivity index (χ1) is 16.4. The summed E-state index contributed by atoms with van der Waals surface area (Å²) in [6.45, 7) is 0. The third-order valence-corrected chi connectivity index (χ3v) is 6.36. The number of hydrogen-bond acceptors (Lipinski definition) is 2. The molecule has 0 bridgehead atoms. The van der Waals surface area contributed by atoms with Crippen LogP contribution in [0.2, 0.25) is 0 Å². The second-order valence-electron chi connectivity index (χ2n) is 8.32. The fraction of sp³-hybridized carbons (Fsp3) is 0. The fourth-order valence-electron chi connectivity index (χ4n) is 4.94. The van der Waals surface area contributed by atoms with E-state index in [1.165, 1.54) is 21.8 Å². The van der Waals surface area contributed by atoms with Gasteiger partial charge in [0.1, 0.15) is 11.2 Å². The Bertz CT molecular complexity index is 1740. The highest BCUT2D eigenvalue weighted by molar-refractivity contribution is 6.14. The van der Waals surface area contributed by atoms with Crippen molar-refractivity contribution in [1.29, 1.82) is 0 Å². The molecule has 0 saturated heterocycles. The predicted molar refractivity (Wildman–Crippen MR) is 138 cm³/mol. The highest BCUT2D eigenvalue weighted by atomic mass is 16.3. The third-order valence-electron chi connectivity index (χ3n) is 6.36. The number of hydrogen-bond donors (Lipinski definition) is 1. The molecule has 33 heavy (non-hydrogen) atoms. The summed E-state index contributed by atoms with van der Waals surface area (Å²) in [4.78, 5) is 0. The molecule has 0 unspecified atom stereocenters. The van der Waals surface area contributed by atoms with Gasteiger partial charge in [-0.1, -0.05) is 60.7 Å². The maximum absolute atomic E-state index is 6.28. The molecule has 0 radical (unpaired) electrons. The summed E-state index contributed by atoms with van der Waals surface area (Å²) in [5, 5.41) is 8.24. The van der Waals surface area contributed by atoms with E-state index in [1.54, 1.807) is 0 Å². The maximum atomic E-state index is 6.28. The van der Waals surface area contributed by atoms with Crippen LogP contribution in [0.25, 0.3) is 49.4 Å². The Hall–Kier alpha value is -4.50. The monoisotopic (exact) mass is 424 g/mol. The maximum Gasteiger partial charge on any atom is 0.137 e. The Morgan fingerprint density at radius 1 is 0.515 bits per heavy atom. The van der Waals surface area contributed by atoms with Crippen LogP contribution in [0.1, 0.15) is 0 Å². The van der Waals surface area contributed by atoms with Crippen LogP contribution in [0.5, 0.6) is 0 Å². The number of para-hydroxylation sites is 3. The molecule has 0 fully saturated rings. The van der Waals surface area contributed by atoms with E-state index in [4.69, 9.17) is 4.42 Å². The Kier molecular flexibility index (Phi) is 3.84. The van der Waals surface area contributed by atoms with E-state index in [9.17, 15) is 0 Å². The van der Waals surface area contributed by atoms with Gasteiger partial charge in [-0.2, -0.15) is 0 Å². The van der Waals surface area contributed by atoms with Crippen molar-refractivity contribution < 1.29 is 4.42 Å². The number of anilines is 2. The van der Waals surface area contributed by atoms with Gasteiger partial charge in [0.25, 0.3) is 0 Å². The predicted octanol–water partition coefficient (Wildman–Crippen LogP) is 8.43. The summed E-state index contributed by atoms with van der Waals surface area (Å²) < 4.78 is 8.64. The van der Waals surface area contributed by atoms with Crippen molar-refractivity contribution >= 4 is 55.1 Å². The second kappa shape index (κ2) is 7.01. The van der Waals surface area contributed by atoms with Gasteiger partial charge in [-0.25, -0.2) is 0 Å². The average molecular weight is 425 g/mol. The van der Waals surface area contributed by atoms with Gasteiger partial charge in [0, 0.05) is 27.5 Å². The van der Waals surface area contributed by atoms with Gasteiger partial charge in [0.15, 0.2) is 0 Å². The minimum Gasteiger partial charge on any atom is -0.456 e. The van der Waals surface area contributed by atoms with Crippen LogP contribution in [0.15, 0.2) is 120 Å². The van der Waals surface area contributed by atoms with Crippen LogP contribution in [-0.2, 0) is 0 Å². The molecule has 0 aliphatic heterocycles. The molecule has 3 heteroatoms. The largest absolute Gasteiger partial charge is 0.456 e. The van der Waals surface area contributed by atoms with Crippen molar-refractivity contribution in [3.8, 4) is 5.69 Å². The Morgan fingerprint density at radius 2 is 1.21 bits per heavy atom. The third kappa shape index (κ3) is 2.76. The quantitative estimate of drug-likeness (QED) is 0.308. The molecule has 156 valence electrons. The van der Waals surface area contributed by atoms with E-state index < -0.39 is 0 Å². The lowest BCUT2D eigenvalue weighted by Gasteiger charge is -2.10. The van der Waals surface area contributed by atoms with Gasteiger partial charge in [-0.3, -0.25) is 0 Å². The molecule has 2 heterocycles. The van der Waals surface area contributed by atoms with Gasteiger partial charge in [-0.05, 0) is 54.6 Å². The first-order valence-electron chi connectivity index (χ1n) is 11.1. The van der Waals surface area contributed by atoms with E-state index >= 15 is 0 Å². The summed E-state index contributed by atoms with van der Waals surface area (Å²) in [6.07, 6.45) is 0. The zero-order chi connectivity index (χ0) is 21.8. The van der Waals surface area contributed by atoms with Crippen molar-refractivity contribution in [2.75, 3.05) is 5.32 Å². The number of furan rings is 1. The van der Waals surface area contributed by atoms with E-state index in [1.807, 2.05) is 18.2 Å². The van der Waals surface area contributed by atoms with Crippen LogP contribution < -0.4 is 5.32 Å². The number of aromatic nitrogens is 1. The minimum absolute atomic E-state index is 0.886. The standard InChI is InChI=1S/C30H20N2O/c1-2-9-20(10-3-1)31-21-17-18-28-24(19-21)30-27(15-8-16-29(30)33-28)32-25-13-6-4-11-22(25)23-12-5-7-14-26(23)32/h1-19,31H.